The Kier molecular flexibility index (Phi) is 7.03. The van der Waals surface area contributed by atoms with Gasteiger partial charge in [-0.25, -0.2) is 0 Å². The van der Waals surface area contributed by atoms with E-state index >= 15 is 0 Å². The van der Waals surface area contributed by atoms with E-state index in [1.54, 1.807) is 0 Å². The Bertz CT molecular complexity index is 609. The highest BCUT2D eigenvalue weighted by molar-refractivity contribution is 14.1. The van der Waals surface area contributed by atoms with Crippen molar-refractivity contribution in [2.45, 2.75) is 51.9 Å². The van der Waals surface area contributed by atoms with Gasteiger partial charge in [0.05, 0.1) is 0 Å². The monoisotopic (exact) mass is 612 g/mol. The summed E-state index contributed by atoms with van der Waals surface area (Å²) >= 11 is -1.04. The molecule has 0 spiro atoms. The van der Waals surface area contributed by atoms with Gasteiger partial charge in [-0.3, -0.25) is 4.74 Å². The molecule has 0 aliphatic carbocycles. The molecule has 0 fully saturated rings. The minimum atomic E-state index is -8.55. The molecule has 0 aliphatic heterocycles. The highest BCUT2D eigenvalue weighted by Crippen LogP contribution is 2.62. The Labute approximate surface area is 163 Å². The molecule has 182 valence electrons. The van der Waals surface area contributed by atoms with Crippen LogP contribution in [-0.2, 0) is 4.74 Å². The maximum Gasteiger partial charge on any atom is 0.458 e. The SMILES string of the molecule is FC(F)(F)C(F)(OC(F)(F)C(F)(F)C(F)(F)C(F)(F)C(F)(F)C(F)(F)I)C(F)(F)F. The number of halogens is 20. The molecule has 0 saturated heterocycles. The van der Waals surface area contributed by atoms with E-state index in [9.17, 15) is 83.4 Å². The van der Waals surface area contributed by atoms with E-state index in [4.69, 9.17) is 0 Å². The molecule has 0 N–H and O–H groups in total. The second-order valence-corrected chi connectivity index (χ2v) is 6.36. The summed E-state index contributed by atoms with van der Waals surface area (Å²) < 4.78 is 235. The third-order valence-corrected chi connectivity index (χ3v) is 3.58. The van der Waals surface area contributed by atoms with Crippen molar-refractivity contribution in [1.29, 1.82) is 0 Å². The Hall–Kier alpha value is -0.640. The van der Waals surface area contributed by atoms with Gasteiger partial charge in [-0.05, 0) is 0 Å². The van der Waals surface area contributed by atoms with Crippen molar-refractivity contribution in [1.82, 2.24) is 0 Å². The van der Waals surface area contributed by atoms with Crippen LogP contribution in [-0.4, -0.2) is 51.9 Å². The second kappa shape index (κ2) is 7.18. The van der Waals surface area contributed by atoms with Crippen LogP contribution < -0.4 is 0 Å². The van der Waals surface area contributed by atoms with E-state index in [1.807, 2.05) is 0 Å². The minimum Gasteiger partial charge on any atom is -0.262 e. The first kappa shape index (κ1) is 29.4. The summed E-state index contributed by atoms with van der Waals surface area (Å²) in [4.78, 5) is 0. The molecule has 0 aliphatic rings. The predicted molar refractivity (Wildman–Crippen MR) is 60.7 cm³/mol. The van der Waals surface area contributed by atoms with Crippen molar-refractivity contribution < 1.29 is 88.2 Å². The van der Waals surface area contributed by atoms with E-state index in [1.165, 1.54) is 0 Å². The normalized spacial score (nSPS) is 16.8. The van der Waals surface area contributed by atoms with Crippen molar-refractivity contribution in [3.63, 3.8) is 0 Å². The summed E-state index contributed by atoms with van der Waals surface area (Å²) in [6, 6.07) is 0. The first-order valence-electron chi connectivity index (χ1n) is 5.94. The fourth-order valence-electron chi connectivity index (χ4n) is 1.27. The van der Waals surface area contributed by atoms with Crippen molar-refractivity contribution >= 4 is 22.6 Å². The van der Waals surface area contributed by atoms with Crippen LogP contribution in [0, 0.1) is 0 Å². The van der Waals surface area contributed by atoms with Crippen LogP contribution >= 0.6 is 22.6 Å². The Morgan fingerprint density at radius 1 is 0.400 bits per heavy atom. The molecule has 0 radical (unpaired) electrons. The fourth-order valence-corrected chi connectivity index (χ4v) is 1.61. The third-order valence-electron chi connectivity index (χ3n) is 2.90. The lowest BCUT2D eigenvalue weighted by Crippen LogP contribution is -2.72. The summed E-state index contributed by atoms with van der Waals surface area (Å²) in [6.45, 7) is 0. The average Bonchev–Trinajstić information content (AvgIpc) is 2.42. The van der Waals surface area contributed by atoms with Gasteiger partial charge < -0.3 is 0 Å². The molecular weight excluding hydrogens is 612 g/mol. The van der Waals surface area contributed by atoms with Gasteiger partial charge in [0.2, 0.25) is 0 Å². The second-order valence-electron chi connectivity index (χ2n) is 5.00. The lowest BCUT2D eigenvalue weighted by atomic mass is 9.97. The minimum absolute atomic E-state index is 1.04. The molecule has 0 aromatic heterocycles. The number of hydrogen-bond acceptors (Lipinski definition) is 1. The molecule has 0 atom stereocenters. The standard InChI is InChI=1S/C9F19IO/c10-1(11,3(14,15)8(25,26)29)2(12,13)4(16,17)9(27,28)30-5(18,6(19,20)21)7(22,23)24. The summed E-state index contributed by atoms with van der Waals surface area (Å²) in [5.41, 5.74) is 0. The number of ether oxygens (including phenoxy) is 1. The van der Waals surface area contributed by atoms with Crippen LogP contribution in [0.5, 0.6) is 0 Å². The first-order valence-corrected chi connectivity index (χ1v) is 7.02. The summed E-state index contributed by atoms with van der Waals surface area (Å²) in [5, 5.41) is 0. The zero-order valence-electron chi connectivity index (χ0n) is 12.5. The molecule has 1 nitrogen and oxygen atoms in total. The number of rotatable bonds is 7. The molecule has 0 aromatic rings. The quantitative estimate of drug-likeness (QED) is 0.172. The Morgan fingerprint density at radius 2 is 0.667 bits per heavy atom. The summed E-state index contributed by atoms with van der Waals surface area (Å²) in [7, 11) is 0. The molecule has 0 saturated carbocycles. The van der Waals surface area contributed by atoms with Crippen molar-refractivity contribution in [3.05, 3.63) is 0 Å². The summed E-state index contributed by atoms with van der Waals surface area (Å²) in [6.07, 6.45) is -23.9. The first-order chi connectivity index (χ1) is 12.5. The van der Waals surface area contributed by atoms with Gasteiger partial charge in [-0.2, -0.15) is 83.4 Å². The van der Waals surface area contributed by atoms with E-state index in [0.29, 0.717) is 0 Å². The summed E-state index contributed by atoms with van der Waals surface area (Å²) in [5.74, 6) is -40.9. The lowest BCUT2D eigenvalue weighted by Gasteiger charge is -2.41. The molecular formula is C9F19IO. The van der Waals surface area contributed by atoms with Gasteiger partial charge >= 0.3 is 51.9 Å². The highest BCUT2D eigenvalue weighted by atomic mass is 127. The Morgan fingerprint density at radius 3 is 0.900 bits per heavy atom. The van der Waals surface area contributed by atoms with E-state index in [2.05, 4.69) is 0 Å². The van der Waals surface area contributed by atoms with Crippen LogP contribution in [0.2, 0.25) is 0 Å². The zero-order valence-corrected chi connectivity index (χ0v) is 14.6. The number of hydrogen-bond donors (Lipinski definition) is 0. The third kappa shape index (κ3) is 4.07. The fraction of sp³-hybridized carbons (Fsp3) is 1.00. The topological polar surface area (TPSA) is 9.23 Å². The van der Waals surface area contributed by atoms with Gasteiger partial charge in [0, 0.05) is 22.6 Å². The van der Waals surface area contributed by atoms with Crippen LogP contribution in [0.25, 0.3) is 0 Å². The van der Waals surface area contributed by atoms with E-state index < -0.39 is 74.5 Å². The van der Waals surface area contributed by atoms with Crippen molar-refractivity contribution in [3.8, 4) is 0 Å². The predicted octanol–water partition coefficient (Wildman–Crippen LogP) is 6.96. The van der Waals surface area contributed by atoms with Gasteiger partial charge in [0.1, 0.15) is 0 Å². The van der Waals surface area contributed by atoms with Crippen LogP contribution in [0.4, 0.5) is 83.4 Å². The van der Waals surface area contributed by atoms with Crippen molar-refractivity contribution in [2.24, 2.45) is 0 Å². The van der Waals surface area contributed by atoms with Gasteiger partial charge in [-0.15, -0.1) is 0 Å². The number of alkyl halides is 20. The van der Waals surface area contributed by atoms with Gasteiger partial charge in [0.25, 0.3) is 0 Å². The molecule has 0 unspecified atom stereocenters. The van der Waals surface area contributed by atoms with E-state index in [0.717, 1.165) is 4.74 Å². The van der Waals surface area contributed by atoms with Crippen LogP contribution in [0.1, 0.15) is 0 Å². The molecule has 30 heavy (non-hydrogen) atoms. The molecule has 0 aromatic carbocycles. The molecule has 0 rings (SSSR count). The van der Waals surface area contributed by atoms with Gasteiger partial charge in [-0.1, -0.05) is 0 Å². The average molecular weight is 612 g/mol. The largest absolute Gasteiger partial charge is 0.458 e. The molecule has 0 bridgehead atoms. The lowest BCUT2D eigenvalue weighted by molar-refractivity contribution is -0.525. The molecule has 0 heterocycles. The van der Waals surface area contributed by atoms with Crippen LogP contribution in [0.15, 0.2) is 0 Å². The van der Waals surface area contributed by atoms with Gasteiger partial charge in [0.15, 0.2) is 0 Å². The zero-order chi connectivity index (χ0) is 25.2. The van der Waals surface area contributed by atoms with Crippen molar-refractivity contribution in [2.75, 3.05) is 0 Å². The maximum absolute atomic E-state index is 13.1. The smallest absolute Gasteiger partial charge is 0.262 e. The van der Waals surface area contributed by atoms with E-state index in [-0.39, 0.29) is 0 Å². The Balaban J connectivity index is 6.65. The molecule has 0 amide bonds. The maximum atomic E-state index is 13.1. The molecule has 21 heteroatoms. The van der Waals surface area contributed by atoms with Crippen LogP contribution in [0.3, 0.4) is 0 Å². The highest BCUT2D eigenvalue weighted by Gasteiger charge is 2.92.